The summed E-state index contributed by atoms with van der Waals surface area (Å²) in [5, 5.41) is 14.6. The lowest BCUT2D eigenvalue weighted by molar-refractivity contribution is -0.432. The van der Waals surface area contributed by atoms with E-state index in [1.54, 1.807) is 28.8 Å². The Balaban J connectivity index is 1.24. The monoisotopic (exact) mass is 541 g/mol. The number of rotatable bonds is 10. The molecule has 11 nitrogen and oxygen atoms in total. The summed E-state index contributed by atoms with van der Waals surface area (Å²) >= 11 is 0.795. The van der Waals surface area contributed by atoms with Gasteiger partial charge in [-0.3, -0.25) is 18.7 Å². The number of nitrogens with zero attached hydrogens (tertiary/aromatic N) is 3. The fourth-order valence-electron chi connectivity index (χ4n) is 7.31. The van der Waals surface area contributed by atoms with Crippen LogP contribution in [0.4, 0.5) is 0 Å². The lowest BCUT2D eigenvalue weighted by atomic mass is 9.75. The number of fused-ring (bicyclic) bond motifs is 1. The van der Waals surface area contributed by atoms with Crippen molar-refractivity contribution in [3.8, 4) is 0 Å². The molecular weight excluding hydrogens is 510 g/mol. The predicted molar refractivity (Wildman–Crippen MR) is 140 cm³/mol. The second kappa shape index (κ2) is 9.99. The third kappa shape index (κ3) is 4.19. The van der Waals surface area contributed by atoms with Crippen molar-refractivity contribution >= 4 is 29.1 Å². The molecule has 1 amide bonds. The second-order valence-electron chi connectivity index (χ2n) is 10.9. The Morgan fingerprint density at radius 3 is 2.58 bits per heavy atom. The molecule has 4 aliphatic carbocycles. The van der Waals surface area contributed by atoms with Gasteiger partial charge < -0.3 is 10.3 Å². The summed E-state index contributed by atoms with van der Waals surface area (Å²) in [6.45, 7) is 2.61. The Kier molecular flexibility index (Phi) is 6.67. The minimum atomic E-state index is -0.404. The van der Waals surface area contributed by atoms with Gasteiger partial charge in [-0.25, -0.2) is 15.0 Å². The number of carbonyl (C=O) groups excluding carboxylic acids is 1. The van der Waals surface area contributed by atoms with Gasteiger partial charge in [0.15, 0.2) is 5.65 Å². The Bertz CT molecular complexity index is 1460. The van der Waals surface area contributed by atoms with Crippen LogP contribution in [-0.2, 0) is 27.9 Å². The van der Waals surface area contributed by atoms with Gasteiger partial charge in [-0.1, -0.05) is 12.0 Å². The topological polar surface area (TPSA) is 140 Å². The molecule has 7 rings (SSSR count). The van der Waals surface area contributed by atoms with Crippen molar-refractivity contribution in [3.05, 3.63) is 56.5 Å². The van der Waals surface area contributed by atoms with Gasteiger partial charge in [0.1, 0.15) is 11.3 Å². The number of benzene rings is 1. The minimum absolute atomic E-state index is 0.0102. The van der Waals surface area contributed by atoms with Gasteiger partial charge in [-0.2, -0.15) is 0 Å². The van der Waals surface area contributed by atoms with Gasteiger partial charge in [0.05, 0.1) is 12.0 Å². The molecular formula is C26H31N5O6S. The summed E-state index contributed by atoms with van der Waals surface area (Å²) in [7, 11) is 0. The normalized spacial score (nSPS) is 25.5. The molecule has 12 heteroatoms. The minimum Gasteiger partial charge on any atom is -0.350 e. The predicted octanol–water partition coefficient (Wildman–Crippen LogP) is 3.23. The van der Waals surface area contributed by atoms with E-state index in [2.05, 4.69) is 19.7 Å². The Hall–Kier alpha value is -2.93. The van der Waals surface area contributed by atoms with Crippen molar-refractivity contribution in [2.75, 3.05) is 6.54 Å². The molecule has 2 aromatic heterocycles. The summed E-state index contributed by atoms with van der Waals surface area (Å²) < 4.78 is 7.17. The highest BCUT2D eigenvalue weighted by molar-refractivity contribution is 7.94. The largest absolute Gasteiger partial charge is 0.350 e. The van der Waals surface area contributed by atoms with Gasteiger partial charge in [0.2, 0.25) is 0 Å². The first-order valence-electron chi connectivity index (χ1n) is 13.2. The Morgan fingerprint density at radius 1 is 1.16 bits per heavy atom. The van der Waals surface area contributed by atoms with Gasteiger partial charge in [0.25, 0.3) is 11.5 Å². The molecule has 38 heavy (non-hydrogen) atoms. The molecule has 4 saturated carbocycles. The molecule has 0 radical (unpaired) electrons. The number of aryl methyl sites for hydroxylation is 1. The Labute approximate surface area is 222 Å². The number of nitrogens with one attached hydrogen (secondary N) is 2. The quantitative estimate of drug-likeness (QED) is 0.202. The average molecular weight is 542 g/mol. The van der Waals surface area contributed by atoms with E-state index in [0.29, 0.717) is 34.1 Å². The molecule has 0 spiro atoms. The van der Waals surface area contributed by atoms with E-state index in [1.165, 1.54) is 23.8 Å². The summed E-state index contributed by atoms with van der Waals surface area (Å²) in [5.41, 5.74) is 0.443. The van der Waals surface area contributed by atoms with E-state index in [1.807, 2.05) is 6.92 Å². The number of hydrogen-bond acceptors (Lipinski definition) is 8. The van der Waals surface area contributed by atoms with E-state index in [4.69, 9.17) is 10.2 Å². The van der Waals surface area contributed by atoms with Gasteiger partial charge in [-0.15, -0.1) is 4.33 Å². The summed E-state index contributed by atoms with van der Waals surface area (Å²) in [6.07, 6.45) is 6.76. The molecule has 2 heterocycles. The number of aromatic nitrogens is 4. The first kappa shape index (κ1) is 25.4. The third-order valence-corrected chi connectivity index (χ3v) is 9.26. The molecule has 202 valence electrons. The van der Waals surface area contributed by atoms with Crippen molar-refractivity contribution in [2.45, 2.75) is 68.8 Å². The molecule has 2 atom stereocenters. The number of amides is 1. The van der Waals surface area contributed by atoms with Gasteiger partial charge >= 0.3 is 5.69 Å². The maximum atomic E-state index is 13.5. The number of hydrogen-bond donors (Lipinski definition) is 3. The lowest BCUT2D eigenvalue weighted by Crippen LogP contribution is -2.42. The molecule has 4 bridgehead atoms. The van der Waals surface area contributed by atoms with Crippen LogP contribution >= 0.6 is 12.0 Å². The van der Waals surface area contributed by atoms with E-state index in [-0.39, 0.29) is 24.4 Å². The van der Waals surface area contributed by atoms with Crippen molar-refractivity contribution < 1.29 is 19.4 Å². The van der Waals surface area contributed by atoms with Gasteiger partial charge in [0, 0.05) is 35.5 Å². The van der Waals surface area contributed by atoms with Crippen LogP contribution in [0.3, 0.4) is 0 Å². The molecule has 0 saturated heterocycles. The summed E-state index contributed by atoms with van der Waals surface area (Å²) in [5.74, 6) is 2.65. The van der Waals surface area contributed by atoms with E-state index < -0.39 is 11.2 Å². The van der Waals surface area contributed by atoms with Gasteiger partial charge in [-0.05, 0) is 80.5 Å². The number of H-pyrrole nitrogens is 1. The van der Waals surface area contributed by atoms with Crippen molar-refractivity contribution in [1.29, 1.82) is 0 Å². The fraction of sp³-hybridized carbons (Fsp3) is 0.538. The van der Waals surface area contributed by atoms with Crippen molar-refractivity contribution in [2.24, 2.45) is 17.8 Å². The van der Waals surface area contributed by atoms with E-state index in [0.717, 1.165) is 49.0 Å². The zero-order valence-electron chi connectivity index (χ0n) is 21.1. The molecule has 3 N–H and O–H groups in total. The van der Waals surface area contributed by atoms with Crippen LogP contribution in [0.5, 0.6) is 0 Å². The Morgan fingerprint density at radius 2 is 1.89 bits per heavy atom. The molecule has 2 unspecified atom stereocenters. The molecule has 4 aliphatic rings. The highest BCUT2D eigenvalue weighted by Crippen LogP contribution is 2.65. The number of aromatic amines is 1. The molecule has 3 aromatic rings. The van der Waals surface area contributed by atoms with Crippen molar-refractivity contribution in [1.82, 2.24) is 24.4 Å². The van der Waals surface area contributed by atoms with Crippen LogP contribution < -0.4 is 16.6 Å². The smallest absolute Gasteiger partial charge is 0.332 e. The summed E-state index contributed by atoms with van der Waals surface area (Å²) in [4.78, 5) is 48.4. The standard InChI is InChI=1S/C26H31N5O6S/c1-2-8-30-21-20(28-24(29-21)26-13-15-10-16(14-26)12-18(26)11-15)23(33)31(25(30)34)9-7-27-22(32)17-3-5-19(6-4-17)38-37-36-35/h3-6,15-16,18,35H,2,7-14H2,1H3,(H,27,32)(H,28,29). The summed E-state index contributed by atoms with van der Waals surface area (Å²) in [6, 6.07) is 6.47. The molecule has 0 aliphatic heterocycles. The zero-order chi connectivity index (χ0) is 26.4. The number of carbonyl (C=O) groups is 1. The average Bonchev–Trinajstić information content (AvgIpc) is 3.55. The first-order valence-corrected chi connectivity index (χ1v) is 13.9. The van der Waals surface area contributed by atoms with Crippen LogP contribution in [0.15, 0.2) is 38.8 Å². The van der Waals surface area contributed by atoms with Crippen LogP contribution in [0, 0.1) is 17.8 Å². The molecule has 4 fully saturated rings. The fourth-order valence-corrected chi connectivity index (χ4v) is 7.66. The molecule has 1 aromatic carbocycles. The van der Waals surface area contributed by atoms with E-state index in [9.17, 15) is 14.4 Å². The van der Waals surface area contributed by atoms with Crippen LogP contribution in [-0.4, -0.2) is 36.8 Å². The highest BCUT2D eigenvalue weighted by Gasteiger charge is 2.59. The van der Waals surface area contributed by atoms with Crippen LogP contribution in [0.2, 0.25) is 0 Å². The zero-order valence-corrected chi connectivity index (χ0v) is 22.0. The van der Waals surface area contributed by atoms with Crippen LogP contribution in [0.1, 0.15) is 61.6 Å². The SMILES string of the molecule is CCCn1c(=O)n(CCNC(=O)c2ccc(SOOO)cc2)c(=O)c2[nH]c(C34CC5CC(CC3C5)C4)nc21. The lowest BCUT2D eigenvalue weighted by Gasteiger charge is -2.30. The maximum Gasteiger partial charge on any atom is 0.332 e. The van der Waals surface area contributed by atoms with Crippen molar-refractivity contribution in [3.63, 3.8) is 0 Å². The van der Waals surface area contributed by atoms with Crippen LogP contribution in [0.25, 0.3) is 11.2 Å². The van der Waals surface area contributed by atoms with E-state index >= 15 is 0 Å². The maximum absolute atomic E-state index is 13.5. The highest BCUT2D eigenvalue weighted by atomic mass is 32.2. The second-order valence-corrected chi connectivity index (χ2v) is 11.7. The number of imidazole rings is 1. The third-order valence-electron chi connectivity index (χ3n) is 8.67. The first-order chi connectivity index (χ1) is 18.4.